The van der Waals surface area contributed by atoms with Crippen LogP contribution >= 0.6 is 11.3 Å². The number of carbonyl (C=O) groups excluding carboxylic acids is 2. The summed E-state index contributed by atoms with van der Waals surface area (Å²) in [6.45, 7) is 2.39. The van der Waals surface area contributed by atoms with E-state index >= 15 is 0 Å². The zero-order valence-electron chi connectivity index (χ0n) is 15.6. The number of hydrogen-bond donors (Lipinski definition) is 1. The molecule has 142 valence electrons. The molecule has 1 aromatic carbocycles. The van der Waals surface area contributed by atoms with Crippen LogP contribution in [-0.2, 0) is 22.4 Å². The van der Waals surface area contributed by atoms with Crippen molar-refractivity contribution < 1.29 is 14.3 Å². The molecule has 0 radical (unpaired) electrons. The number of hydrogen-bond acceptors (Lipinski definition) is 4. The van der Waals surface area contributed by atoms with E-state index in [1.54, 1.807) is 11.3 Å². The van der Waals surface area contributed by atoms with Crippen molar-refractivity contribution in [1.29, 1.82) is 0 Å². The van der Waals surface area contributed by atoms with Crippen LogP contribution in [0.5, 0.6) is 0 Å². The van der Waals surface area contributed by atoms with E-state index in [0.717, 1.165) is 44.1 Å². The molecule has 1 heterocycles. The first-order chi connectivity index (χ1) is 13.2. The molecule has 0 unspecified atom stereocenters. The van der Waals surface area contributed by atoms with Gasteiger partial charge in [0, 0.05) is 10.8 Å². The number of carbonyl (C=O) groups is 2. The third-order valence-electron chi connectivity index (χ3n) is 5.40. The predicted molar refractivity (Wildman–Crippen MR) is 107 cm³/mol. The van der Waals surface area contributed by atoms with E-state index < -0.39 is 0 Å². The first kappa shape index (κ1) is 18.2. The third kappa shape index (κ3) is 3.79. The molecule has 27 heavy (non-hydrogen) atoms. The van der Waals surface area contributed by atoms with Crippen LogP contribution in [0.25, 0.3) is 0 Å². The van der Waals surface area contributed by atoms with Crippen LogP contribution in [0.1, 0.15) is 64.9 Å². The Morgan fingerprint density at radius 1 is 1.19 bits per heavy atom. The quantitative estimate of drug-likeness (QED) is 0.719. The zero-order valence-corrected chi connectivity index (χ0v) is 16.4. The van der Waals surface area contributed by atoms with Gasteiger partial charge in [0.1, 0.15) is 5.00 Å². The van der Waals surface area contributed by atoms with Crippen LogP contribution in [0, 0.1) is 5.92 Å². The number of rotatable bonds is 6. The molecular formula is C22H25NO3S. The minimum atomic E-state index is -0.290. The molecule has 2 atom stereocenters. The summed E-state index contributed by atoms with van der Waals surface area (Å²) in [4.78, 5) is 26.7. The molecule has 0 aliphatic heterocycles. The highest BCUT2D eigenvalue weighted by Crippen LogP contribution is 2.48. The Morgan fingerprint density at radius 3 is 2.74 bits per heavy atom. The summed E-state index contributed by atoms with van der Waals surface area (Å²) < 4.78 is 5.41. The van der Waals surface area contributed by atoms with Crippen molar-refractivity contribution in [3.63, 3.8) is 0 Å². The van der Waals surface area contributed by atoms with Gasteiger partial charge in [-0.25, -0.2) is 4.79 Å². The monoisotopic (exact) mass is 383 g/mol. The first-order valence-corrected chi connectivity index (χ1v) is 10.7. The summed E-state index contributed by atoms with van der Waals surface area (Å²) in [5, 5.41) is 3.75. The standard InChI is InChI=1S/C22H25NO3S/c1-2-12-26-22(25)19-15-10-6-7-11-18(15)27-21(19)23-20(24)17-13-16(17)14-8-4-3-5-9-14/h3-5,8-9,16-17H,2,6-7,10-13H2,1H3,(H,23,24)/t16-,17-/m1/s1. The minimum Gasteiger partial charge on any atom is -0.462 e. The lowest BCUT2D eigenvalue weighted by Gasteiger charge is -2.12. The molecule has 2 aliphatic rings. The number of ether oxygens (including phenoxy) is 1. The number of benzene rings is 1. The fraction of sp³-hybridized carbons (Fsp3) is 0.455. The summed E-state index contributed by atoms with van der Waals surface area (Å²) in [6, 6.07) is 10.2. The average Bonchev–Trinajstić information content (AvgIpc) is 3.42. The molecule has 1 aromatic heterocycles. The lowest BCUT2D eigenvalue weighted by Crippen LogP contribution is -2.17. The maximum Gasteiger partial charge on any atom is 0.341 e. The molecule has 5 heteroatoms. The summed E-state index contributed by atoms with van der Waals surface area (Å²) in [6.07, 6.45) is 5.78. The highest BCUT2D eigenvalue weighted by molar-refractivity contribution is 7.17. The SMILES string of the molecule is CCCOC(=O)c1c(NC(=O)[C@@H]2C[C@@H]2c2ccccc2)sc2c1CCCC2. The largest absolute Gasteiger partial charge is 0.462 e. The van der Waals surface area contributed by atoms with Gasteiger partial charge in [-0.05, 0) is 55.6 Å². The van der Waals surface area contributed by atoms with E-state index in [-0.39, 0.29) is 23.7 Å². The summed E-state index contributed by atoms with van der Waals surface area (Å²) >= 11 is 1.56. The zero-order chi connectivity index (χ0) is 18.8. The van der Waals surface area contributed by atoms with Gasteiger partial charge in [-0.2, -0.15) is 0 Å². The highest BCUT2D eigenvalue weighted by atomic mass is 32.1. The van der Waals surface area contributed by atoms with Crippen LogP contribution in [0.4, 0.5) is 5.00 Å². The van der Waals surface area contributed by atoms with E-state index in [9.17, 15) is 9.59 Å². The molecule has 2 aliphatic carbocycles. The maximum absolute atomic E-state index is 12.8. The molecule has 2 aromatic rings. The number of aryl methyl sites for hydroxylation is 1. The molecule has 1 amide bonds. The van der Waals surface area contributed by atoms with Gasteiger partial charge in [0.2, 0.25) is 5.91 Å². The lowest BCUT2D eigenvalue weighted by atomic mass is 9.95. The topological polar surface area (TPSA) is 55.4 Å². The highest BCUT2D eigenvalue weighted by Gasteiger charge is 2.44. The van der Waals surface area contributed by atoms with Crippen LogP contribution in [0.2, 0.25) is 0 Å². The van der Waals surface area contributed by atoms with Crippen molar-refractivity contribution in [1.82, 2.24) is 0 Å². The summed E-state index contributed by atoms with van der Waals surface area (Å²) in [7, 11) is 0. The Hall–Kier alpha value is -2.14. The van der Waals surface area contributed by atoms with Gasteiger partial charge in [-0.1, -0.05) is 37.3 Å². The predicted octanol–water partition coefficient (Wildman–Crippen LogP) is 4.94. The number of esters is 1. The van der Waals surface area contributed by atoms with E-state index in [4.69, 9.17) is 4.74 Å². The summed E-state index contributed by atoms with van der Waals surface area (Å²) in [5.41, 5.74) is 2.91. The van der Waals surface area contributed by atoms with Gasteiger partial charge in [-0.3, -0.25) is 4.79 Å². The van der Waals surface area contributed by atoms with Gasteiger partial charge >= 0.3 is 5.97 Å². The van der Waals surface area contributed by atoms with E-state index in [2.05, 4.69) is 17.4 Å². The van der Waals surface area contributed by atoms with E-state index in [0.29, 0.717) is 17.2 Å². The fourth-order valence-corrected chi connectivity index (χ4v) is 5.18. The molecule has 1 N–H and O–H groups in total. The molecule has 1 saturated carbocycles. The van der Waals surface area contributed by atoms with E-state index in [1.165, 1.54) is 10.4 Å². The molecule has 4 rings (SSSR count). The minimum absolute atomic E-state index is 0.00830. The lowest BCUT2D eigenvalue weighted by molar-refractivity contribution is -0.117. The molecular weight excluding hydrogens is 358 g/mol. The van der Waals surface area contributed by atoms with Crippen LogP contribution in [-0.4, -0.2) is 18.5 Å². The molecule has 0 spiro atoms. The van der Waals surface area contributed by atoms with Crippen molar-refractivity contribution in [2.45, 2.75) is 51.4 Å². The second-order valence-corrected chi connectivity index (χ2v) is 8.50. The normalized spacial score (nSPS) is 20.6. The maximum atomic E-state index is 12.8. The first-order valence-electron chi connectivity index (χ1n) is 9.86. The fourth-order valence-electron chi connectivity index (χ4n) is 3.89. The Labute approximate surface area is 163 Å². The molecule has 0 bridgehead atoms. The number of fused-ring (bicyclic) bond motifs is 1. The summed E-state index contributed by atoms with van der Waals surface area (Å²) in [5.74, 6) is 0.0104. The Bertz CT molecular complexity index is 843. The average molecular weight is 384 g/mol. The smallest absolute Gasteiger partial charge is 0.341 e. The number of anilines is 1. The second-order valence-electron chi connectivity index (χ2n) is 7.40. The Morgan fingerprint density at radius 2 is 1.96 bits per heavy atom. The van der Waals surface area contributed by atoms with E-state index in [1.807, 2.05) is 25.1 Å². The number of thiophene rings is 1. The van der Waals surface area contributed by atoms with Gasteiger partial charge in [0.15, 0.2) is 0 Å². The Kier molecular flexibility index (Phi) is 5.30. The van der Waals surface area contributed by atoms with Crippen molar-refractivity contribution in [3.8, 4) is 0 Å². The van der Waals surface area contributed by atoms with Crippen molar-refractivity contribution >= 4 is 28.2 Å². The Balaban J connectivity index is 1.52. The van der Waals surface area contributed by atoms with Gasteiger partial charge in [-0.15, -0.1) is 11.3 Å². The van der Waals surface area contributed by atoms with Crippen molar-refractivity contribution in [3.05, 3.63) is 51.9 Å². The van der Waals surface area contributed by atoms with Gasteiger partial charge < -0.3 is 10.1 Å². The van der Waals surface area contributed by atoms with Crippen LogP contribution in [0.3, 0.4) is 0 Å². The molecule has 4 nitrogen and oxygen atoms in total. The van der Waals surface area contributed by atoms with Gasteiger partial charge in [0.25, 0.3) is 0 Å². The van der Waals surface area contributed by atoms with Crippen LogP contribution in [0.15, 0.2) is 30.3 Å². The molecule has 1 fully saturated rings. The number of nitrogens with one attached hydrogen (secondary N) is 1. The van der Waals surface area contributed by atoms with Crippen molar-refractivity contribution in [2.75, 3.05) is 11.9 Å². The third-order valence-corrected chi connectivity index (χ3v) is 6.61. The molecule has 0 saturated heterocycles. The van der Waals surface area contributed by atoms with Crippen molar-refractivity contribution in [2.24, 2.45) is 5.92 Å². The van der Waals surface area contributed by atoms with Crippen LogP contribution < -0.4 is 5.32 Å². The number of amides is 1. The second kappa shape index (κ2) is 7.85. The van der Waals surface area contributed by atoms with Gasteiger partial charge in [0.05, 0.1) is 12.2 Å².